The van der Waals surface area contributed by atoms with Gasteiger partial charge >= 0.3 is 0 Å². The zero-order valence-corrected chi connectivity index (χ0v) is 13.7. The fraction of sp³-hybridized carbons (Fsp3) is 0.389. The highest BCUT2D eigenvalue weighted by atomic mass is 35.5. The molecule has 1 heterocycles. The molecule has 1 amide bonds. The van der Waals surface area contributed by atoms with Crippen LogP contribution in [0.4, 0.5) is 5.69 Å². The fourth-order valence-corrected chi connectivity index (χ4v) is 3.57. The smallest absolute Gasteiger partial charge is 0.244 e. The van der Waals surface area contributed by atoms with Gasteiger partial charge in [0.25, 0.3) is 0 Å². The SMILES string of the molecule is Cl.NC1(C(=O)Nc2ccc3c4c(cccc24)CC3)CCOCC1. The van der Waals surface area contributed by atoms with Crippen molar-refractivity contribution in [2.75, 3.05) is 18.5 Å². The number of anilines is 1. The predicted octanol–water partition coefficient (Wildman–Crippen LogP) is 2.81. The Hall–Kier alpha value is -1.62. The number of carbonyl (C=O) groups is 1. The lowest BCUT2D eigenvalue weighted by molar-refractivity contribution is -0.124. The van der Waals surface area contributed by atoms with E-state index in [0.717, 1.165) is 23.9 Å². The fourth-order valence-electron chi connectivity index (χ4n) is 3.57. The van der Waals surface area contributed by atoms with Crippen molar-refractivity contribution in [1.29, 1.82) is 0 Å². The summed E-state index contributed by atoms with van der Waals surface area (Å²) in [4.78, 5) is 12.6. The van der Waals surface area contributed by atoms with Gasteiger partial charge in [-0.3, -0.25) is 4.79 Å². The summed E-state index contributed by atoms with van der Waals surface area (Å²) in [5, 5.41) is 5.48. The molecule has 1 aliphatic heterocycles. The Bertz CT molecular complexity index is 744. The number of carbonyl (C=O) groups excluding carboxylic acids is 1. The molecule has 2 aromatic rings. The van der Waals surface area contributed by atoms with Gasteiger partial charge in [0.15, 0.2) is 0 Å². The minimum absolute atomic E-state index is 0. The molecule has 3 N–H and O–H groups in total. The topological polar surface area (TPSA) is 64.4 Å². The van der Waals surface area contributed by atoms with E-state index in [9.17, 15) is 4.79 Å². The molecule has 0 aromatic heterocycles. The van der Waals surface area contributed by atoms with Gasteiger partial charge in [-0.05, 0) is 48.3 Å². The third kappa shape index (κ3) is 2.71. The quantitative estimate of drug-likeness (QED) is 0.888. The minimum atomic E-state index is -0.818. The summed E-state index contributed by atoms with van der Waals surface area (Å²) in [6.07, 6.45) is 3.31. The number of hydrogen-bond donors (Lipinski definition) is 2. The molecular formula is C18H21ClN2O2. The Kier molecular flexibility index (Phi) is 4.32. The highest BCUT2D eigenvalue weighted by Gasteiger charge is 2.36. The van der Waals surface area contributed by atoms with E-state index in [1.54, 1.807) is 0 Å². The number of nitrogens with two attached hydrogens (primary N) is 1. The normalized spacial score (nSPS) is 18.5. The molecule has 0 atom stereocenters. The molecule has 122 valence electrons. The Morgan fingerprint density at radius 3 is 2.52 bits per heavy atom. The van der Waals surface area contributed by atoms with Crippen molar-refractivity contribution in [3.05, 3.63) is 41.5 Å². The van der Waals surface area contributed by atoms with Crippen LogP contribution in [-0.2, 0) is 22.4 Å². The molecule has 0 bridgehead atoms. The average Bonchev–Trinajstić information content (AvgIpc) is 2.96. The highest BCUT2D eigenvalue weighted by Crippen LogP contribution is 2.35. The van der Waals surface area contributed by atoms with E-state index in [2.05, 4.69) is 29.6 Å². The van der Waals surface area contributed by atoms with Crippen molar-refractivity contribution in [3.8, 4) is 0 Å². The van der Waals surface area contributed by atoms with Crippen LogP contribution in [0.2, 0.25) is 0 Å². The molecular weight excluding hydrogens is 312 g/mol. The summed E-state index contributed by atoms with van der Waals surface area (Å²) >= 11 is 0. The van der Waals surface area contributed by atoms with Crippen LogP contribution >= 0.6 is 12.4 Å². The summed E-state index contributed by atoms with van der Waals surface area (Å²) in [6.45, 7) is 1.10. The second-order valence-electron chi connectivity index (χ2n) is 6.33. The number of ether oxygens (including phenoxy) is 1. The van der Waals surface area contributed by atoms with Gasteiger partial charge < -0.3 is 15.8 Å². The molecule has 0 unspecified atom stereocenters. The second kappa shape index (κ2) is 6.11. The minimum Gasteiger partial charge on any atom is -0.381 e. The number of hydrogen-bond acceptors (Lipinski definition) is 3. The van der Waals surface area contributed by atoms with E-state index >= 15 is 0 Å². The number of nitrogens with one attached hydrogen (secondary N) is 1. The predicted molar refractivity (Wildman–Crippen MR) is 94.2 cm³/mol. The van der Waals surface area contributed by atoms with Crippen LogP contribution in [0, 0.1) is 0 Å². The van der Waals surface area contributed by atoms with Crippen molar-refractivity contribution in [2.24, 2.45) is 5.73 Å². The molecule has 0 spiro atoms. The molecule has 1 fully saturated rings. The largest absolute Gasteiger partial charge is 0.381 e. The lowest BCUT2D eigenvalue weighted by Crippen LogP contribution is -2.54. The molecule has 2 aliphatic rings. The van der Waals surface area contributed by atoms with Crippen LogP contribution in [0.3, 0.4) is 0 Å². The molecule has 2 aromatic carbocycles. The van der Waals surface area contributed by atoms with Gasteiger partial charge in [0, 0.05) is 24.3 Å². The summed E-state index contributed by atoms with van der Waals surface area (Å²) in [5.74, 6) is -0.102. The number of benzene rings is 2. The maximum atomic E-state index is 12.6. The van der Waals surface area contributed by atoms with Crippen LogP contribution in [0.5, 0.6) is 0 Å². The highest BCUT2D eigenvalue weighted by molar-refractivity contribution is 6.07. The van der Waals surface area contributed by atoms with Gasteiger partial charge in [-0.1, -0.05) is 24.3 Å². The van der Waals surface area contributed by atoms with Crippen molar-refractivity contribution >= 4 is 34.8 Å². The van der Waals surface area contributed by atoms with E-state index in [4.69, 9.17) is 10.5 Å². The first-order valence-electron chi connectivity index (χ1n) is 7.89. The Labute approximate surface area is 141 Å². The maximum absolute atomic E-state index is 12.6. The lowest BCUT2D eigenvalue weighted by atomic mass is 9.90. The van der Waals surface area contributed by atoms with Gasteiger partial charge in [0.2, 0.25) is 5.91 Å². The van der Waals surface area contributed by atoms with E-state index in [-0.39, 0.29) is 18.3 Å². The average molecular weight is 333 g/mol. The van der Waals surface area contributed by atoms with E-state index in [1.165, 1.54) is 16.5 Å². The summed E-state index contributed by atoms with van der Waals surface area (Å²) in [6, 6.07) is 10.5. The summed E-state index contributed by atoms with van der Waals surface area (Å²) in [5.41, 5.74) is 9.07. The second-order valence-corrected chi connectivity index (χ2v) is 6.33. The van der Waals surface area contributed by atoms with Crippen molar-refractivity contribution in [1.82, 2.24) is 0 Å². The molecule has 0 radical (unpaired) electrons. The third-order valence-electron chi connectivity index (χ3n) is 4.96. The standard InChI is InChI=1S/C18H20N2O2.ClH/c19-18(8-10-22-11-9-18)17(21)20-15-7-6-13-5-4-12-2-1-3-14(15)16(12)13;/h1-3,6-7H,4-5,8-11,19H2,(H,20,21);1H. The Morgan fingerprint density at radius 1 is 1.09 bits per heavy atom. The Morgan fingerprint density at radius 2 is 1.78 bits per heavy atom. The first kappa shape index (κ1) is 16.2. The number of amides is 1. The van der Waals surface area contributed by atoms with Gasteiger partial charge in [-0.15, -0.1) is 12.4 Å². The van der Waals surface area contributed by atoms with Gasteiger partial charge in [-0.2, -0.15) is 0 Å². The first-order valence-corrected chi connectivity index (χ1v) is 7.89. The number of aryl methyl sites for hydroxylation is 2. The maximum Gasteiger partial charge on any atom is 0.244 e. The molecule has 1 saturated heterocycles. The zero-order valence-electron chi connectivity index (χ0n) is 12.9. The monoisotopic (exact) mass is 332 g/mol. The molecule has 4 rings (SSSR count). The molecule has 1 aliphatic carbocycles. The van der Waals surface area contributed by atoms with Crippen LogP contribution in [0.15, 0.2) is 30.3 Å². The van der Waals surface area contributed by atoms with Crippen LogP contribution < -0.4 is 11.1 Å². The molecule has 5 heteroatoms. The number of rotatable bonds is 2. The van der Waals surface area contributed by atoms with Crippen molar-refractivity contribution in [3.63, 3.8) is 0 Å². The third-order valence-corrected chi connectivity index (χ3v) is 4.96. The van der Waals surface area contributed by atoms with Gasteiger partial charge in [-0.25, -0.2) is 0 Å². The number of halogens is 1. The zero-order chi connectivity index (χ0) is 15.2. The van der Waals surface area contributed by atoms with Gasteiger partial charge in [0.1, 0.15) is 5.54 Å². The summed E-state index contributed by atoms with van der Waals surface area (Å²) < 4.78 is 5.32. The summed E-state index contributed by atoms with van der Waals surface area (Å²) in [7, 11) is 0. The van der Waals surface area contributed by atoms with Gasteiger partial charge in [0.05, 0.1) is 0 Å². The van der Waals surface area contributed by atoms with Crippen LogP contribution in [0.1, 0.15) is 24.0 Å². The van der Waals surface area contributed by atoms with E-state index in [0.29, 0.717) is 26.1 Å². The molecule has 4 nitrogen and oxygen atoms in total. The molecule has 0 saturated carbocycles. The first-order chi connectivity index (χ1) is 10.7. The van der Waals surface area contributed by atoms with E-state index < -0.39 is 5.54 Å². The van der Waals surface area contributed by atoms with Crippen molar-refractivity contribution in [2.45, 2.75) is 31.2 Å². The van der Waals surface area contributed by atoms with Crippen LogP contribution in [0.25, 0.3) is 10.8 Å². The molecule has 23 heavy (non-hydrogen) atoms. The Balaban J connectivity index is 0.00000156. The lowest BCUT2D eigenvalue weighted by Gasteiger charge is -2.32. The van der Waals surface area contributed by atoms with E-state index in [1.807, 2.05) is 6.07 Å². The van der Waals surface area contributed by atoms with Crippen molar-refractivity contribution < 1.29 is 9.53 Å². The van der Waals surface area contributed by atoms with Crippen LogP contribution in [-0.4, -0.2) is 24.7 Å².